The number of nitrogens with zero attached hydrogens (tertiary/aromatic N) is 1. The largest absolute Gasteiger partial charge is 0.359 e. The van der Waals surface area contributed by atoms with Gasteiger partial charge in [0.25, 0.3) is 5.91 Å². The number of nitrogens with one attached hydrogen (secondary N) is 2. The van der Waals surface area contributed by atoms with E-state index in [0.29, 0.717) is 16.7 Å². The van der Waals surface area contributed by atoms with Crippen molar-refractivity contribution in [1.82, 2.24) is 10.2 Å². The lowest BCUT2D eigenvalue weighted by Gasteiger charge is -2.24. The molecule has 0 unspecified atom stereocenters. The lowest BCUT2D eigenvalue weighted by Crippen LogP contribution is -2.40. The van der Waals surface area contributed by atoms with Gasteiger partial charge in [0, 0.05) is 31.4 Å². The van der Waals surface area contributed by atoms with Crippen LogP contribution in [0.3, 0.4) is 0 Å². The van der Waals surface area contributed by atoms with Gasteiger partial charge in [-0.15, -0.1) is 0 Å². The Hall–Kier alpha value is -1.62. The van der Waals surface area contributed by atoms with E-state index in [-0.39, 0.29) is 5.91 Å². The van der Waals surface area contributed by atoms with Gasteiger partial charge in [-0.25, -0.2) is 0 Å². The molecule has 2 N–H and O–H groups in total. The summed E-state index contributed by atoms with van der Waals surface area (Å²) >= 11 is 5.42. The lowest BCUT2D eigenvalue weighted by atomic mass is 9.96. The number of carbonyl (C=O) groups excluding carboxylic acids is 1. The van der Waals surface area contributed by atoms with Crippen LogP contribution in [0.1, 0.15) is 36.0 Å². The van der Waals surface area contributed by atoms with Crippen molar-refractivity contribution in [2.75, 3.05) is 19.4 Å². The second kappa shape index (κ2) is 6.24. The number of benzene rings is 1. The molecule has 2 fully saturated rings. The highest BCUT2D eigenvalue weighted by atomic mass is 32.1. The molecular weight excluding hydrogens is 294 g/mol. The van der Waals surface area contributed by atoms with Crippen molar-refractivity contribution in [3.05, 3.63) is 29.8 Å². The average Bonchev–Trinajstić information content (AvgIpc) is 3.09. The molecule has 118 valence electrons. The Bertz CT molecular complexity index is 570. The Kier molecular flexibility index (Phi) is 4.34. The molecule has 5 heteroatoms. The summed E-state index contributed by atoms with van der Waals surface area (Å²) in [5.74, 6) is 1.71. The van der Waals surface area contributed by atoms with Crippen LogP contribution in [-0.4, -0.2) is 36.1 Å². The highest BCUT2D eigenvalue weighted by molar-refractivity contribution is 7.80. The number of rotatable bonds is 3. The number of hydrogen-bond donors (Lipinski definition) is 2. The van der Waals surface area contributed by atoms with Crippen LogP contribution in [0.2, 0.25) is 0 Å². The minimum Gasteiger partial charge on any atom is -0.359 e. The van der Waals surface area contributed by atoms with E-state index in [1.54, 1.807) is 19.0 Å². The van der Waals surface area contributed by atoms with E-state index in [9.17, 15) is 4.79 Å². The number of hydrogen-bond acceptors (Lipinski definition) is 2. The normalized spacial score (nSPS) is 25.8. The number of anilines is 1. The summed E-state index contributed by atoms with van der Waals surface area (Å²) in [5, 5.41) is 7.36. The molecule has 0 radical (unpaired) electrons. The number of amides is 1. The zero-order valence-corrected chi connectivity index (χ0v) is 14.0. The van der Waals surface area contributed by atoms with Gasteiger partial charge in [0.1, 0.15) is 0 Å². The van der Waals surface area contributed by atoms with Crippen molar-refractivity contribution >= 4 is 28.9 Å². The van der Waals surface area contributed by atoms with Crippen molar-refractivity contribution < 1.29 is 4.79 Å². The van der Waals surface area contributed by atoms with E-state index in [1.165, 1.54) is 25.7 Å². The standard InChI is InChI=1S/C17H23N3OS/c1-20(2)16(21)12-5-7-14(8-6-12)18-17(22)19-15-10-11-3-4-13(15)9-11/h5-8,11,13,15H,3-4,9-10H2,1-2H3,(H2,18,19,22)/t11-,13+,15-/m0/s1. The molecular formula is C17H23N3OS. The fourth-order valence-corrected chi connectivity index (χ4v) is 3.98. The molecule has 2 bridgehead atoms. The zero-order chi connectivity index (χ0) is 15.7. The molecule has 0 aliphatic heterocycles. The van der Waals surface area contributed by atoms with E-state index < -0.39 is 0 Å². The van der Waals surface area contributed by atoms with Gasteiger partial charge in [0.15, 0.2) is 5.11 Å². The van der Waals surface area contributed by atoms with Crippen LogP contribution >= 0.6 is 12.2 Å². The summed E-state index contributed by atoms with van der Waals surface area (Å²) in [6.07, 6.45) is 5.35. The minimum atomic E-state index is 0.00855. The van der Waals surface area contributed by atoms with E-state index in [0.717, 1.165) is 17.5 Å². The molecule has 1 aromatic rings. The van der Waals surface area contributed by atoms with E-state index >= 15 is 0 Å². The molecule has 2 saturated carbocycles. The third kappa shape index (κ3) is 3.24. The van der Waals surface area contributed by atoms with Gasteiger partial charge in [0.05, 0.1) is 0 Å². The molecule has 0 spiro atoms. The fourth-order valence-electron chi connectivity index (χ4n) is 3.71. The van der Waals surface area contributed by atoms with Gasteiger partial charge in [0.2, 0.25) is 0 Å². The quantitative estimate of drug-likeness (QED) is 0.842. The molecule has 0 saturated heterocycles. The predicted octanol–water partition coefficient (Wildman–Crippen LogP) is 2.86. The summed E-state index contributed by atoms with van der Waals surface area (Å²) in [4.78, 5) is 13.4. The molecule has 22 heavy (non-hydrogen) atoms. The Balaban J connectivity index is 1.54. The number of fused-ring (bicyclic) bond motifs is 2. The SMILES string of the molecule is CN(C)C(=O)c1ccc(NC(=S)N[C@H]2C[C@H]3CC[C@@H]2C3)cc1. The lowest BCUT2D eigenvalue weighted by molar-refractivity contribution is 0.0827. The van der Waals surface area contributed by atoms with E-state index in [4.69, 9.17) is 12.2 Å². The van der Waals surface area contributed by atoms with Gasteiger partial charge < -0.3 is 15.5 Å². The summed E-state index contributed by atoms with van der Waals surface area (Å²) in [5.41, 5.74) is 1.60. The second-order valence-electron chi connectivity index (χ2n) is 6.66. The third-order valence-electron chi connectivity index (χ3n) is 4.85. The maximum Gasteiger partial charge on any atom is 0.253 e. The van der Waals surface area contributed by atoms with Gasteiger partial charge >= 0.3 is 0 Å². The fraction of sp³-hybridized carbons (Fsp3) is 0.529. The Morgan fingerprint density at radius 3 is 2.45 bits per heavy atom. The van der Waals surface area contributed by atoms with Gasteiger partial charge in [-0.1, -0.05) is 6.42 Å². The predicted molar refractivity (Wildman–Crippen MR) is 93.1 cm³/mol. The maximum absolute atomic E-state index is 11.8. The van der Waals surface area contributed by atoms with Crippen LogP contribution in [0.25, 0.3) is 0 Å². The minimum absolute atomic E-state index is 0.00855. The van der Waals surface area contributed by atoms with Gasteiger partial charge in [-0.05, 0) is 67.6 Å². The van der Waals surface area contributed by atoms with Crippen molar-refractivity contribution in [1.29, 1.82) is 0 Å². The van der Waals surface area contributed by atoms with Crippen molar-refractivity contribution in [2.24, 2.45) is 11.8 Å². The van der Waals surface area contributed by atoms with Crippen LogP contribution in [0.4, 0.5) is 5.69 Å². The summed E-state index contributed by atoms with van der Waals surface area (Å²) in [7, 11) is 3.51. The first-order valence-electron chi connectivity index (χ1n) is 7.92. The second-order valence-corrected chi connectivity index (χ2v) is 7.06. The molecule has 1 amide bonds. The smallest absolute Gasteiger partial charge is 0.253 e. The van der Waals surface area contributed by atoms with Gasteiger partial charge in [-0.2, -0.15) is 0 Å². The first-order valence-corrected chi connectivity index (χ1v) is 8.33. The molecule has 3 rings (SSSR count). The van der Waals surface area contributed by atoms with Crippen LogP contribution in [0.5, 0.6) is 0 Å². The van der Waals surface area contributed by atoms with Gasteiger partial charge in [-0.3, -0.25) is 4.79 Å². The third-order valence-corrected chi connectivity index (χ3v) is 5.07. The Morgan fingerprint density at radius 1 is 1.18 bits per heavy atom. The van der Waals surface area contributed by atoms with Crippen molar-refractivity contribution in [3.63, 3.8) is 0 Å². The highest BCUT2D eigenvalue weighted by Gasteiger charge is 2.39. The monoisotopic (exact) mass is 317 g/mol. The Labute approximate surface area is 137 Å². The molecule has 2 aliphatic carbocycles. The molecule has 0 heterocycles. The van der Waals surface area contributed by atoms with E-state index in [2.05, 4.69) is 10.6 Å². The Morgan fingerprint density at radius 2 is 1.91 bits per heavy atom. The van der Waals surface area contributed by atoms with Crippen LogP contribution in [0, 0.1) is 11.8 Å². The van der Waals surface area contributed by atoms with Crippen LogP contribution in [-0.2, 0) is 0 Å². The summed E-state index contributed by atoms with van der Waals surface area (Å²) in [6.45, 7) is 0. The topological polar surface area (TPSA) is 44.4 Å². The molecule has 2 aliphatic rings. The maximum atomic E-state index is 11.8. The summed E-state index contributed by atoms with van der Waals surface area (Å²) < 4.78 is 0. The molecule has 0 aromatic heterocycles. The van der Waals surface area contributed by atoms with Crippen molar-refractivity contribution in [3.8, 4) is 0 Å². The number of thiocarbonyl (C=S) groups is 1. The molecule has 4 nitrogen and oxygen atoms in total. The van der Waals surface area contributed by atoms with Crippen LogP contribution in [0.15, 0.2) is 24.3 Å². The van der Waals surface area contributed by atoms with E-state index in [1.807, 2.05) is 24.3 Å². The zero-order valence-electron chi connectivity index (χ0n) is 13.1. The van der Waals surface area contributed by atoms with Crippen LogP contribution < -0.4 is 10.6 Å². The number of carbonyl (C=O) groups is 1. The molecule has 3 atom stereocenters. The first kappa shape index (κ1) is 15.3. The highest BCUT2D eigenvalue weighted by Crippen LogP contribution is 2.44. The molecule has 1 aromatic carbocycles. The summed E-state index contributed by atoms with van der Waals surface area (Å²) in [6, 6.07) is 7.97. The average molecular weight is 317 g/mol. The first-order chi connectivity index (χ1) is 10.5. The van der Waals surface area contributed by atoms with Crippen molar-refractivity contribution in [2.45, 2.75) is 31.7 Å².